The number of rotatable bonds is 9. The second-order valence-corrected chi connectivity index (χ2v) is 5.23. The van der Waals surface area contributed by atoms with E-state index in [0.717, 1.165) is 5.56 Å². The van der Waals surface area contributed by atoms with E-state index in [1.54, 1.807) is 5.43 Å². The highest BCUT2D eigenvalue weighted by atomic mass is 16.7. The summed E-state index contributed by atoms with van der Waals surface area (Å²) in [6.45, 7) is 1.87. The van der Waals surface area contributed by atoms with Crippen LogP contribution in [0.3, 0.4) is 0 Å². The number of nitro groups is 1. The van der Waals surface area contributed by atoms with Gasteiger partial charge in [0.2, 0.25) is 11.8 Å². The maximum atomic E-state index is 12.2. The molecule has 0 fully saturated rings. The van der Waals surface area contributed by atoms with Crippen molar-refractivity contribution in [2.45, 2.75) is 32.4 Å². The van der Waals surface area contributed by atoms with Gasteiger partial charge < -0.3 is 16.4 Å². The van der Waals surface area contributed by atoms with Gasteiger partial charge in [0.25, 0.3) is 5.96 Å². The quantitative estimate of drug-likeness (QED) is 0.157. The van der Waals surface area contributed by atoms with Gasteiger partial charge in [0, 0.05) is 20.0 Å². The molecule has 1 rings (SSSR count). The molecule has 0 radical (unpaired) electrons. The number of carbonyl (C=O) groups excluding carboxylic acids is 2. The summed E-state index contributed by atoms with van der Waals surface area (Å²) in [7, 11) is 0. The van der Waals surface area contributed by atoms with Gasteiger partial charge in [-0.2, -0.15) is 0 Å². The minimum absolute atomic E-state index is 0.189. The molecule has 25 heavy (non-hydrogen) atoms. The number of nitrogens with two attached hydrogens (primary N) is 1. The van der Waals surface area contributed by atoms with Crippen molar-refractivity contribution in [2.24, 2.45) is 10.7 Å². The van der Waals surface area contributed by atoms with Gasteiger partial charge in [-0.3, -0.25) is 9.59 Å². The van der Waals surface area contributed by atoms with E-state index >= 15 is 0 Å². The van der Waals surface area contributed by atoms with Gasteiger partial charge in [-0.05, 0) is 18.4 Å². The Balaban J connectivity index is 2.48. The Kier molecular flexibility index (Phi) is 8.41. The standard InChI is InChI=1S/C15H22N6O4/c1-11(22)19-13(8-5-9-17-15(16)20-21(24)25)14(23)18-10-12-6-3-2-4-7-12/h2-4,6-7,13H,5,8-10H2,1H3,(H,18,23)(H,19,22)(H3,16,17,20). The molecule has 1 aromatic carbocycles. The van der Waals surface area contributed by atoms with E-state index < -0.39 is 11.1 Å². The van der Waals surface area contributed by atoms with Crippen molar-refractivity contribution in [1.29, 1.82) is 0 Å². The lowest BCUT2D eigenvalue weighted by Gasteiger charge is -2.17. The molecule has 10 heteroatoms. The zero-order valence-electron chi connectivity index (χ0n) is 13.9. The van der Waals surface area contributed by atoms with Crippen LogP contribution in [0.4, 0.5) is 0 Å². The Hall–Kier alpha value is -3.17. The van der Waals surface area contributed by atoms with Gasteiger partial charge in [-0.1, -0.05) is 35.8 Å². The van der Waals surface area contributed by atoms with Gasteiger partial charge in [0.1, 0.15) is 6.04 Å². The number of benzene rings is 1. The van der Waals surface area contributed by atoms with Crippen LogP contribution in [0.25, 0.3) is 0 Å². The van der Waals surface area contributed by atoms with Crippen LogP contribution in [0.5, 0.6) is 0 Å². The predicted molar refractivity (Wildman–Crippen MR) is 91.7 cm³/mol. The predicted octanol–water partition coefficient (Wildman–Crippen LogP) is -0.316. The summed E-state index contributed by atoms with van der Waals surface area (Å²) in [6, 6.07) is 8.68. The van der Waals surface area contributed by atoms with Crippen LogP contribution < -0.4 is 21.8 Å². The highest BCUT2D eigenvalue weighted by Crippen LogP contribution is 2.01. The number of hydrogen-bond donors (Lipinski definition) is 4. The van der Waals surface area contributed by atoms with Crippen LogP contribution in [-0.2, 0) is 16.1 Å². The Morgan fingerprint density at radius 2 is 2.00 bits per heavy atom. The number of aliphatic imine (C=N–C) groups is 1. The summed E-state index contributed by atoms with van der Waals surface area (Å²) in [5, 5.41) is 14.7. The van der Waals surface area contributed by atoms with Gasteiger partial charge in [-0.15, -0.1) is 0 Å². The Bertz CT molecular complexity index is 620. The molecule has 0 saturated heterocycles. The lowest BCUT2D eigenvalue weighted by molar-refractivity contribution is -0.525. The third-order valence-electron chi connectivity index (χ3n) is 3.14. The number of hydrogen-bond acceptors (Lipinski definition) is 5. The number of amides is 2. The van der Waals surface area contributed by atoms with Crippen molar-refractivity contribution in [1.82, 2.24) is 16.1 Å². The van der Waals surface area contributed by atoms with E-state index in [0.29, 0.717) is 19.4 Å². The first-order valence-electron chi connectivity index (χ1n) is 7.68. The van der Waals surface area contributed by atoms with Crippen molar-refractivity contribution in [3.63, 3.8) is 0 Å². The highest BCUT2D eigenvalue weighted by molar-refractivity contribution is 5.86. The molecule has 0 spiro atoms. The molecule has 0 aromatic heterocycles. The van der Waals surface area contributed by atoms with Gasteiger partial charge in [0.15, 0.2) is 5.03 Å². The smallest absolute Gasteiger partial charge is 0.251 e. The lowest BCUT2D eigenvalue weighted by atomic mass is 10.1. The van der Waals surface area contributed by atoms with Crippen LogP contribution in [0.1, 0.15) is 25.3 Å². The molecule has 1 atom stereocenters. The maximum absolute atomic E-state index is 12.2. The van der Waals surface area contributed by atoms with Crippen LogP contribution in [0, 0.1) is 10.1 Å². The third kappa shape index (κ3) is 8.89. The average Bonchev–Trinajstić information content (AvgIpc) is 2.55. The van der Waals surface area contributed by atoms with Crippen molar-refractivity contribution in [3.05, 3.63) is 46.0 Å². The minimum Gasteiger partial charge on any atom is -0.365 e. The maximum Gasteiger partial charge on any atom is 0.251 e. The summed E-state index contributed by atoms with van der Waals surface area (Å²) in [5.41, 5.74) is 7.96. The van der Waals surface area contributed by atoms with E-state index in [-0.39, 0.29) is 24.3 Å². The molecule has 2 amide bonds. The summed E-state index contributed by atoms with van der Waals surface area (Å²) >= 11 is 0. The van der Waals surface area contributed by atoms with Crippen LogP contribution >= 0.6 is 0 Å². The SMILES string of the molecule is CC(=O)NC(CCCN=C(N)N[N+](=O)[O-])C(=O)NCc1ccccc1. The molecule has 0 aliphatic carbocycles. The Morgan fingerprint density at radius 3 is 2.60 bits per heavy atom. The fourth-order valence-electron chi connectivity index (χ4n) is 2.05. The molecular weight excluding hydrogens is 328 g/mol. The fraction of sp³-hybridized carbons (Fsp3) is 0.400. The number of guanidine groups is 1. The number of carbonyl (C=O) groups is 2. The van der Waals surface area contributed by atoms with Crippen LogP contribution in [-0.4, -0.2) is 35.4 Å². The summed E-state index contributed by atoms with van der Waals surface area (Å²) < 4.78 is 0. The van der Waals surface area contributed by atoms with Crippen molar-refractivity contribution >= 4 is 17.8 Å². The van der Waals surface area contributed by atoms with Crippen molar-refractivity contribution in [3.8, 4) is 0 Å². The molecule has 5 N–H and O–H groups in total. The molecule has 0 bridgehead atoms. The lowest BCUT2D eigenvalue weighted by Crippen LogP contribution is -2.45. The average molecular weight is 350 g/mol. The largest absolute Gasteiger partial charge is 0.365 e. The zero-order chi connectivity index (χ0) is 18.7. The number of nitrogens with one attached hydrogen (secondary N) is 3. The molecule has 0 aliphatic heterocycles. The molecule has 1 unspecified atom stereocenters. The fourth-order valence-corrected chi connectivity index (χ4v) is 2.05. The first-order chi connectivity index (χ1) is 11.9. The van der Waals surface area contributed by atoms with E-state index in [1.807, 2.05) is 30.3 Å². The molecular formula is C15H22N6O4. The first kappa shape index (κ1) is 19.9. The van der Waals surface area contributed by atoms with E-state index in [4.69, 9.17) is 5.73 Å². The molecule has 0 aliphatic rings. The summed E-state index contributed by atoms with van der Waals surface area (Å²) in [6.07, 6.45) is 0.749. The second-order valence-electron chi connectivity index (χ2n) is 5.23. The zero-order valence-corrected chi connectivity index (χ0v) is 13.9. The monoisotopic (exact) mass is 350 g/mol. The summed E-state index contributed by atoms with van der Waals surface area (Å²) in [4.78, 5) is 37.5. The van der Waals surface area contributed by atoms with Crippen molar-refractivity contribution < 1.29 is 14.6 Å². The van der Waals surface area contributed by atoms with E-state index in [2.05, 4.69) is 15.6 Å². The van der Waals surface area contributed by atoms with Gasteiger partial charge in [-0.25, -0.2) is 15.1 Å². The molecule has 0 heterocycles. The van der Waals surface area contributed by atoms with E-state index in [9.17, 15) is 19.7 Å². The van der Waals surface area contributed by atoms with Crippen LogP contribution in [0.2, 0.25) is 0 Å². The highest BCUT2D eigenvalue weighted by Gasteiger charge is 2.18. The molecule has 136 valence electrons. The van der Waals surface area contributed by atoms with Crippen molar-refractivity contribution in [2.75, 3.05) is 6.54 Å². The van der Waals surface area contributed by atoms with Gasteiger partial charge >= 0.3 is 0 Å². The minimum atomic E-state index is -0.810. The Labute approximate surface area is 145 Å². The topological polar surface area (TPSA) is 152 Å². The molecule has 1 aromatic rings. The Morgan fingerprint density at radius 1 is 1.32 bits per heavy atom. The number of nitrogens with zero attached hydrogens (tertiary/aromatic N) is 2. The molecule has 0 saturated carbocycles. The first-order valence-corrected chi connectivity index (χ1v) is 7.68. The van der Waals surface area contributed by atoms with Gasteiger partial charge in [0.05, 0.1) is 0 Å². The summed E-state index contributed by atoms with van der Waals surface area (Å²) in [5.74, 6) is -0.938. The second kappa shape index (κ2) is 10.6. The molecule has 10 nitrogen and oxygen atoms in total. The normalized spacial score (nSPS) is 12.1. The van der Waals surface area contributed by atoms with E-state index in [1.165, 1.54) is 6.92 Å². The van der Waals surface area contributed by atoms with Crippen LogP contribution in [0.15, 0.2) is 35.3 Å². The third-order valence-corrected chi connectivity index (χ3v) is 3.14. The number of hydrazine groups is 1.